The third-order valence-electron chi connectivity index (χ3n) is 6.23. The van der Waals surface area contributed by atoms with E-state index in [1.54, 1.807) is 18.3 Å². The zero-order valence-corrected chi connectivity index (χ0v) is 19.7. The first-order valence-corrected chi connectivity index (χ1v) is 11.7. The molecule has 1 unspecified atom stereocenters. The molecule has 0 aliphatic carbocycles. The second kappa shape index (κ2) is 9.50. The third-order valence-corrected chi connectivity index (χ3v) is 6.23. The monoisotopic (exact) mass is 478 g/mol. The van der Waals surface area contributed by atoms with E-state index in [-0.39, 0.29) is 23.5 Å². The number of hydrogen-bond acceptors (Lipinski definition) is 7. The topological polar surface area (TPSA) is 93.1 Å². The average Bonchev–Trinajstić information content (AvgIpc) is 3.31. The van der Waals surface area contributed by atoms with Gasteiger partial charge in [0, 0.05) is 25.7 Å². The van der Waals surface area contributed by atoms with Crippen LogP contribution in [0.4, 0.5) is 10.1 Å². The summed E-state index contributed by atoms with van der Waals surface area (Å²) in [5.74, 6) is -0.280. The number of ether oxygens (including phenoxy) is 1. The van der Waals surface area contributed by atoms with Gasteiger partial charge >= 0.3 is 5.56 Å². The number of benzene rings is 1. The van der Waals surface area contributed by atoms with Gasteiger partial charge in [0.15, 0.2) is 5.69 Å². The van der Waals surface area contributed by atoms with Crippen LogP contribution in [0.2, 0.25) is 0 Å². The lowest BCUT2D eigenvalue weighted by molar-refractivity contribution is 0.0348. The first-order valence-electron chi connectivity index (χ1n) is 11.7. The molecule has 0 radical (unpaired) electrons. The molecule has 0 spiro atoms. The van der Waals surface area contributed by atoms with Gasteiger partial charge in [0.05, 0.1) is 24.6 Å². The molecule has 1 aromatic carbocycles. The van der Waals surface area contributed by atoms with Gasteiger partial charge in [0.2, 0.25) is 11.6 Å². The van der Waals surface area contributed by atoms with Gasteiger partial charge in [-0.1, -0.05) is 25.5 Å². The van der Waals surface area contributed by atoms with Gasteiger partial charge in [-0.25, -0.2) is 14.4 Å². The Hall–Kier alpha value is -3.72. The van der Waals surface area contributed by atoms with Crippen molar-refractivity contribution in [1.29, 1.82) is 0 Å². The van der Waals surface area contributed by atoms with Gasteiger partial charge in [0.1, 0.15) is 17.2 Å². The van der Waals surface area contributed by atoms with Crippen LogP contribution in [-0.2, 0) is 11.2 Å². The molecule has 1 aliphatic rings. The number of pyridine rings is 1. The number of anilines is 1. The second-order valence-corrected chi connectivity index (χ2v) is 8.85. The minimum atomic E-state index is -0.591. The van der Waals surface area contributed by atoms with Gasteiger partial charge in [-0.2, -0.15) is 0 Å². The molecule has 5 rings (SSSR count). The maximum atomic E-state index is 13.2. The Bertz CT molecular complexity index is 1410. The lowest BCUT2D eigenvalue weighted by atomic mass is 10.1. The van der Waals surface area contributed by atoms with E-state index in [1.165, 1.54) is 22.7 Å². The summed E-state index contributed by atoms with van der Waals surface area (Å²) in [5.41, 5.74) is 2.34. The molecule has 9 heteroatoms. The van der Waals surface area contributed by atoms with Gasteiger partial charge < -0.3 is 19.2 Å². The number of aromatic nitrogens is 3. The SMILES string of the molecule is CCCC1CN(c2cc(C)c3nc(-c4ncc(Cc5ccc(F)cc5)o4)c(O)c(=O)n3c2)CCO1. The predicted molar refractivity (Wildman–Crippen MR) is 129 cm³/mol. The minimum Gasteiger partial charge on any atom is -0.501 e. The summed E-state index contributed by atoms with van der Waals surface area (Å²) < 4.78 is 26.2. The molecule has 4 heterocycles. The van der Waals surface area contributed by atoms with E-state index < -0.39 is 11.3 Å². The third kappa shape index (κ3) is 4.64. The average molecular weight is 479 g/mol. The summed E-state index contributed by atoms with van der Waals surface area (Å²) in [4.78, 5) is 24.1. The van der Waals surface area contributed by atoms with Crippen molar-refractivity contribution in [2.24, 2.45) is 0 Å². The fraction of sp³-hybridized carbons (Fsp3) is 0.346. The van der Waals surface area contributed by atoms with Gasteiger partial charge in [-0.15, -0.1) is 0 Å². The number of aryl methyl sites for hydroxylation is 1. The van der Waals surface area contributed by atoms with Crippen LogP contribution in [0.3, 0.4) is 0 Å². The first kappa shape index (κ1) is 23.0. The van der Waals surface area contributed by atoms with Crippen molar-refractivity contribution in [1.82, 2.24) is 14.4 Å². The molecule has 1 atom stereocenters. The molecule has 4 aromatic rings. The molecule has 1 N–H and O–H groups in total. The number of hydrogen-bond donors (Lipinski definition) is 1. The van der Waals surface area contributed by atoms with E-state index in [2.05, 4.69) is 21.8 Å². The molecule has 1 aliphatic heterocycles. The van der Waals surface area contributed by atoms with E-state index in [0.29, 0.717) is 24.4 Å². The normalized spacial score (nSPS) is 16.2. The predicted octanol–water partition coefficient (Wildman–Crippen LogP) is 4.10. The van der Waals surface area contributed by atoms with Crippen LogP contribution >= 0.6 is 0 Å². The summed E-state index contributed by atoms with van der Waals surface area (Å²) in [5, 5.41) is 10.7. The van der Waals surface area contributed by atoms with Crippen LogP contribution in [0.15, 0.2) is 51.9 Å². The molecule has 0 amide bonds. The highest BCUT2D eigenvalue weighted by Crippen LogP contribution is 2.28. The number of nitrogens with zero attached hydrogens (tertiary/aromatic N) is 4. The summed E-state index contributed by atoms with van der Waals surface area (Å²) in [6, 6.07) is 8.07. The zero-order chi connectivity index (χ0) is 24.5. The molecule has 3 aromatic heterocycles. The van der Waals surface area contributed by atoms with Gasteiger partial charge in [-0.05, 0) is 42.7 Å². The lowest BCUT2D eigenvalue weighted by Gasteiger charge is -2.34. The Labute approximate surface area is 201 Å². The largest absolute Gasteiger partial charge is 0.501 e. The Balaban J connectivity index is 1.47. The van der Waals surface area contributed by atoms with E-state index in [0.717, 1.165) is 42.7 Å². The Morgan fingerprint density at radius 2 is 2.06 bits per heavy atom. The zero-order valence-electron chi connectivity index (χ0n) is 19.7. The number of fused-ring (bicyclic) bond motifs is 1. The quantitative estimate of drug-likeness (QED) is 0.446. The Kier molecular flexibility index (Phi) is 6.25. The molecular formula is C26H27FN4O4. The Morgan fingerprint density at radius 3 is 2.83 bits per heavy atom. The molecule has 0 bridgehead atoms. The van der Waals surface area contributed by atoms with Crippen LogP contribution in [0.25, 0.3) is 17.2 Å². The fourth-order valence-corrected chi connectivity index (χ4v) is 4.45. The van der Waals surface area contributed by atoms with Gasteiger partial charge in [0.25, 0.3) is 0 Å². The second-order valence-electron chi connectivity index (χ2n) is 8.85. The van der Waals surface area contributed by atoms with Crippen LogP contribution in [0, 0.1) is 12.7 Å². The van der Waals surface area contributed by atoms with Crippen molar-refractivity contribution < 1.29 is 18.7 Å². The summed E-state index contributed by atoms with van der Waals surface area (Å²) in [7, 11) is 0. The highest BCUT2D eigenvalue weighted by Gasteiger charge is 2.23. The maximum Gasteiger partial charge on any atom is 0.300 e. The number of oxazole rings is 1. The van der Waals surface area contributed by atoms with E-state index in [4.69, 9.17) is 9.15 Å². The summed E-state index contributed by atoms with van der Waals surface area (Å²) in [6.07, 6.45) is 5.80. The highest BCUT2D eigenvalue weighted by atomic mass is 19.1. The van der Waals surface area contributed by atoms with Crippen LogP contribution < -0.4 is 10.5 Å². The number of aromatic hydroxyl groups is 1. The molecule has 8 nitrogen and oxygen atoms in total. The lowest BCUT2D eigenvalue weighted by Crippen LogP contribution is -2.42. The van der Waals surface area contributed by atoms with Crippen molar-refractivity contribution in [2.75, 3.05) is 24.6 Å². The van der Waals surface area contributed by atoms with Crippen molar-refractivity contribution in [3.8, 4) is 17.3 Å². The van der Waals surface area contributed by atoms with Crippen molar-refractivity contribution in [3.05, 3.63) is 75.8 Å². The number of rotatable bonds is 6. The Morgan fingerprint density at radius 1 is 1.26 bits per heavy atom. The summed E-state index contributed by atoms with van der Waals surface area (Å²) in [6.45, 7) is 6.12. The number of halogens is 1. The van der Waals surface area contributed by atoms with Gasteiger partial charge in [-0.3, -0.25) is 9.20 Å². The smallest absolute Gasteiger partial charge is 0.300 e. The molecule has 182 valence electrons. The molecule has 1 saturated heterocycles. The molecule has 35 heavy (non-hydrogen) atoms. The highest BCUT2D eigenvalue weighted by molar-refractivity contribution is 5.65. The minimum absolute atomic E-state index is 0.00871. The summed E-state index contributed by atoms with van der Waals surface area (Å²) >= 11 is 0. The van der Waals surface area contributed by atoms with E-state index in [1.807, 2.05) is 13.0 Å². The fourth-order valence-electron chi connectivity index (χ4n) is 4.45. The molecular weight excluding hydrogens is 451 g/mol. The standard InChI is InChI=1S/C26H27FN4O4/c1-3-4-20-15-30(9-10-34-20)19-11-16(2)24-29-22(23(32)26(33)31(24)14-19)25-28-13-21(35-25)12-17-5-7-18(27)8-6-17/h5-8,11,13-14,20,32H,3-4,9-10,12,15H2,1-2H3. The molecule has 1 fully saturated rings. The molecule has 0 saturated carbocycles. The van der Waals surface area contributed by atoms with E-state index >= 15 is 0 Å². The number of morpholine rings is 1. The van der Waals surface area contributed by atoms with Crippen molar-refractivity contribution in [2.45, 2.75) is 39.2 Å². The van der Waals surface area contributed by atoms with Crippen molar-refractivity contribution in [3.63, 3.8) is 0 Å². The van der Waals surface area contributed by atoms with Crippen LogP contribution in [-0.4, -0.2) is 45.3 Å². The van der Waals surface area contributed by atoms with E-state index in [9.17, 15) is 14.3 Å². The van der Waals surface area contributed by atoms with Crippen LogP contribution in [0.1, 0.15) is 36.7 Å². The first-order chi connectivity index (χ1) is 16.9. The van der Waals surface area contributed by atoms with Crippen molar-refractivity contribution >= 4 is 11.3 Å². The van der Waals surface area contributed by atoms with Crippen LogP contribution in [0.5, 0.6) is 5.75 Å². The maximum absolute atomic E-state index is 13.2.